The third-order valence-electron chi connectivity index (χ3n) is 2.10. The van der Waals surface area contributed by atoms with Crippen LogP contribution < -0.4 is 5.40 Å². The van der Waals surface area contributed by atoms with Gasteiger partial charge < -0.3 is 19.6 Å². The van der Waals surface area contributed by atoms with Gasteiger partial charge in [-0.25, -0.2) is 0 Å². The third-order valence-corrected chi connectivity index (χ3v) is 3.65. The van der Waals surface area contributed by atoms with E-state index in [2.05, 4.69) is 0 Å². The molecular formula is C9H23NO3Si. The van der Waals surface area contributed by atoms with Gasteiger partial charge in [-0.15, -0.1) is 0 Å². The van der Waals surface area contributed by atoms with E-state index in [-0.39, 0.29) is 6.10 Å². The average Bonchev–Trinajstić information content (AvgIpc) is 2.17. The van der Waals surface area contributed by atoms with Crippen molar-refractivity contribution in [3.8, 4) is 0 Å². The Bertz CT molecular complexity index is 140. The van der Waals surface area contributed by atoms with Crippen LogP contribution in [0.25, 0.3) is 0 Å². The maximum Gasteiger partial charge on any atom is 0.185 e. The van der Waals surface area contributed by atoms with Crippen molar-refractivity contribution in [3.63, 3.8) is 0 Å². The predicted octanol–water partition coefficient (Wildman–Crippen LogP) is 0.181. The van der Waals surface area contributed by atoms with E-state index in [0.717, 1.165) is 0 Å². The normalized spacial score (nSPS) is 15.2. The molecule has 0 spiro atoms. The second-order valence-corrected chi connectivity index (χ2v) is 4.37. The molecule has 5 heteroatoms. The van der Waals surface area contributed by atoms with Gasteiger partial charge in [0.05, 0.1) is 0 Å². The molecule has 0 rings (SSSR count). The first kappa shape index (κ1) is 14.1. The molecule has 4 nitrogen and oxygen atoms in total. The molecule has 0 saturated carbocycles. The van der Waals surface area contributed by atoms with Crippen LogP contribution in [0.1, 0.15) is 27.7 Å². The Morgan fingerprint density at radius 2 is 1.64 bits per heavy atom. The Balaban J connectivity index is 4.45. The van der Waals surface area contributed by atoms with Crippen LogP contribution >= 0.6 is 0 Å². The van der Waals surface area contributed by atoms with Gasteiger partial charge in [0, 0.05) is 19.8 Å². The van der Waals surface area contributed by atoms with Crippen LogP contribution in [0.4, 0.5) is 0 Å². The standard InChI is InChI=1S/C9H23NO3Si/c1-5-11-8(4)9(14-10,12-6-2)13-7-3/h8H,5-7,10,14H2,1-4H3. The Labute approximate surface area is 89.0 Å². The highest BCUT2D eigenvalue weighted by atomic mass is 28.2. The Morgan fingerprint density at radius 1 is 1.14 bits per heavy atom. The molecule has 0 aromatic rings. The van der Waals surface area contributed by atoms with Crippen LogP contribution in [0, 0.1) is 0 Å². The first-order valence-electron chi connectivity index (χ1n) is 5.26. The van der Waals surface area contributed by atoms with Crippen LogP contribution in [0.3, 0.4) is 0 Å². The van der Waals surface area contributed by atoms with Gasteiger partial charge in [0.25, 0.3) is 0 Å². The van der Waals surface area contributed by atoms with Gasteiger partial charge in [-0.1, -0.05) is 0 Å². The van der Waals surface area contributed by atoms with Crippen molar-refractivity contribution < 1.29 is 14.2 Å². The summed E-state index contributed by atoms with van der Waals surface area (Å²) in [6.45, 7) is 9.64. The van der Waals surface area contributed by atoms with Crippen molar-refractivity contribution >= 4 is 9.68 Å². The summed E-state index contributed by atoms with van der Waals surface area (Å²) in [4.78, 5) is 0. The molecule has 2 N–H and O–H groups in total. The summed E-state index contributed by atoms with van der Waals surface area (Å²) in [5.41, 5.74) is -0.653. The molecule has 0 radical (unpaired) electrons. The van der Waals surface area contributed by atoms with Gasteiger partial charge in [-0.2, -0.15) is 0 Å². The lowest BCUT2D eigenvalue weighted by atomic mass is 10.4. The molecule has 0 heterocycles. The molecule has 14 heavy (non-hydrogen) atoms. The second-order valence-electron chi connectivity index (χ2n) is 2.98. The summed E-state index contributed by atoms with van der Waals surface area (Å²) in [7, 11) is -0.938. The van der Waals surface area contributed by atoms with E-state index in [1.807, 2.05) is 27.7 Å². The Hall–Kier alpha value is 0.0569. The summed E-state index contributed by atoms with van der Waals surface area (Å²) >= 11 is 0. The Kier molecular flexibility index (Phi) is 7.39. The molecule has 86 valence electrons. The average molecular weight is 221 g/mol. The van der Waals surface area contributed by atoms with Gasteiger partial charge in [0.15, 0.2) is 15.1 Å². The third kappa shape index (κ3) is 3.66. The molecule has 0 saturated heterocycles. The predicted molar refractivity (Wildman–Crippen MR) is 59.8 cm³/mol. The van der Waals surface area contributed by atoms with E-state index in [4.69, 9.17) is 19.6 Å². The zero-order chi connectivity index (χ0) is 11.0. The lowest BCUT2D eigenvalue weighted by Gasteiger charge is -2.36. The molecule has 0 fully saturated rings. The Morgan fingerprint density at radius 3 is 1.93 bits per heavy atom. The summed E-state index contributed by atoms with van der Waals surface area (Å²) in [5, 5.41) is 5.82. The van der Waals surface area contributed by atoms with Crippen LogP contribution in [-0.4, -0.2) is 41.0 Å². The highest BCUT2D eigenvalue weighted by Gasteiger charge is 2.37. The van der Waals surface area contributed by atoms with E-state index >= 15 is 0 Å². The highest BCUT2D eigenvalue weighted by Crippen LogP contribution is 2.18. The number of ether oxygens (including phenoxy) is 3. The van der Waals surface area contributed by atoms with Crippen molar-refractivity contribution in [2.75, 3.05) is 19.8 Å². The van der Waals surface area contributed by atoms with E-state index in [1.165, 1.54) is 0 Å². The summed E-state index contributed by atoms with van der Waals surface area (Å²) in [6.07, 6.45) is -0.0935. The quantitative estimate of drug-likeness (QED) is 0.469. The number of hydrogen-bond donors (Lipinski definition) is 1. The van der Waals surface area contributed by atoms with Crippen molar-refractivity contribution in [2.24, 2.45) is 5.40 Å². The highest BCUT2D eigenvalue weighted by molar-refractivity contribution is 6.35. The van der Waals surface area contributed by atoms with Gasteiger partial charge >= 0.3 is 0 Å². The summed E-state index contributed by atoms with van der Waals surface area (Å²) in [6, 6.07) is 0. The zero-order valence-corrected chi connectivity index (χ0v) is 11.1. The fourth-order valence-electron chi connectivity index (χ4n) is 1.43. The molecule has 0 amide bonds. The van der Waals surface area contributed by atoms with Crippen molar-refractivity contribution in [3.05, 3.63) is 0 Å². The molecule has 1 unspecified atom stereocenters. The SMILES string of the molecule is CCOC(C)C(OCC)(OCC)[SiH2]N. The van der Waals surface area contributed by atoms with Gasteiger partial charge in [-0.3, -0.25) is 0 Å². The molecule has 0 bridgehead atoms. The minimum Gasteiger partial charge on any atom is -0.374 e. The molecule has 1 atom stereocenters. The first-order chi connectivity index (χ1) is 6.66. The van der Waals surface area contributed by atoms with Gasteiger partial charge in [-0.05, 0) is 27.7 Å². The molecular weight excluding hydrogens is 198 g/mol. The molecule has 0 aliphatic rings. The minimum atomic E-state index is -0.938. The molecule has 0 aliphatic carbocycles. The maximum absolute atomic E-state index is 5.82. The van der Waals surface area contributed by atoms with Crippen LogP contribution in [-0.2, 0) is 14.2 Å². The lowest BCUT2D eigenvalue weighted by molar-refractivity contribution is -0.233. The number of hydrogen-bond acceptors (Lipinski definition) is 4. The molecule has 0 aromatic carbocycles. The van der Waals surface area contributed by atoms with Crippen LogP contribution in [0.2, 0.25) is 0 Å². The van der Waals surface area contributed by atoms with Crippen molar-refractivity contribution in [1.82, 2.24) is 0 Å². The fourth-order valence-corrected chi connectivity index (χ4v) is 2.52. The van der Waals surface area contributed by atoms with E-state index in [1.54, 1.807) is 0 Å². The molecule has 0 aromatic heterocycles. The summed E-state index contributed by atoms with van der Waals surface area (Å²) in [5.74, 6) is 0. The number of nitrogens with two attached hydrogens (primary N) is 1. The first-order valence-corrected chi connectivity index (χ1v) is 6.78. The topological polar surface area (TPSA) is 53.7 Å². The van der Waals surface area contributed by atoms with Crippen LogP contribution in [0.5, 0.6) is 0 Å². The maximum atomic E-state index is 5.82. The van der Waals surface area contributed by atoms with Crippen LogP contribution in [0.15, 0.2) is 0 Å². The van der Waals surface area contributed by atoms with Crippen molar-refractivity contribution in [2.45, 2.75) is 39.2 Å². The molecule has 0 aliphatic heterocycles. The van der Waals surface area contributed by atoms with Gasteiger partial charge in [0.1, 0.15) is 6.10 Å². The van der Waals surface area contributed by atoms with Gasteiger partial charge in [0.2, 0.25) is 0 Å². The second kappa shape index (κ2) is 7.36. The largest absolute Gasteiger partial charge is 0.374 e. The smallest absolute Gasteiger partial charge is 0.185 e. The van der Waals surface area contributed by atoms with E-state index in [9.17, 15) is 0 Å². The summed E-state index contributed by atoms with van der Waals surface area (Å²) < 4.78 is 16.8. The van der Waals surface area contributed by atoms with E-state index in [0.29, 0.717) is 19.8 Å². The lowest BCUT2D eigenvalue weighted by Crippen LogP contribution is -2.55. The van der Waals surface area contributed by atoms with Crippen molar-refractivity contribution in [1.29, 1.82) is 0 Å². The minimum absolute atomic E-state index is 0.0935. The number of rotatable bonds is 8. The monoisotopic (exact) mass is 221 g/mol. The zero-order valence-electron chi connectivity index (χ0n) is 9.71. The van der Waals surface area contributed by atoms with E-state index < -0.39 is 15.1 Å². The fraction of sp³-hybridized carbons (Fsp3) is 1.00.